The number of ether oxygens (including phenoxy) is 1. The van der Waals surface area contributed by atoms with Gasteiger partial charge in [-0.3, -0.25) is 0 Å². The van der Waals surface area contributed by atoms with Crippen LogP contribution in [0.25, 0.3) is 10.2 Å². The molecule has 0 fully saturated rings. The van der Waals surface area contributed by atoms with Gasteiger partial charge < -0.3 is 10.1 Å². The number of nitrogens with zero attached hydrogens (tertiary/aromatic N) is 1. The summed E-state index contributed by atoms with van der Waals surface area (Å²) in [7, 11) is 1.72. The first-order chi connectivity index (χ1) is 10.3. The van der Waals surface area contributed by atoms with E-state index < -0.39 is 0 Å². The van der Waals surface area contributed by atoms with Crippen LogP contribution in [-0.4, -0.2) is 12.1 Å². The second-order valence-electron chi connectivity index (χ2n) is 4.93. The normalized spacial score (nSPS) is 11.1. The largest absolute Gasteiger partial charge is 0.380 e. The van der Waals surface area contributed by atoms with E-state index in [1.165, 1.54) is 15.8 Å². The molecular weight excluding hydrogens is 280 g/mol. The first kappa shape index (κ1) is 14.2. The molecule has 4 heteroatoms. The minimum atomic E-state index is 0.658. The van der Waals surface area contributed by atoms with Gasteiger partial charge in [0.15, 0.2) is 0 Å². The molecule has 1 N–H and O–H groups in total. The Hall–Kier alpha value is -1.75. The zero-order valence-corrected chi connectivity index (χ0v) is 12.8. The molecule has 21 heavy (non-hydrogen) atoms. The second-order valence-corrected chi connectivity index (χ2v) is 6.05. The molecule has 108 valence electrons. The quantitative estimate of drug-likeness (QED) is 0.753. The Morgan fingerprint density at radius 2 is 1.90 bits per heavy atom. The molecule has 0 saturated heterocycles. The molecular formula is C17H18N2OS. The highest BCUT2D eigenvalue weighted by Gasteiger charge is 2.02. The molecule has 0 amide bonds. The average molecular weight is 298 g/mol. The standard InChI is InChI=1S/C17H18N2OS/c1-20-12-14-6-4-5-13(9-14)10-18-11-17-19-15-7-2-3-8-16(15)21-17/h2-9,18H,10-12H2,1H3. The third-order valence-corrected chi connectivity index (χ3v) is 4.28. The minimum Gasteiger partial charge on any atom is -0.380 e. The molecule has 1 heterocycles. The summed E-state index contributed by atoms with van der Waals surface area (Å²) in [5, 5.41) is 4.58. The maximum absolute atomic E-state index is 5.16. The van der Waals surface area contributed by atoms with Gasteiger partial charge in [-0.25, -0.2) is 4.98 Å². The van der Waals surface area contributed by atoms with Gasteiger partial charge in [-0.1, -0.05) is 36.4 Å². The maximum atomic E-state index is 5.16. The zero-order valence-electron chi connectivity index (χ0n) is 12.0. The highest BCUT2D eigenvalue weighted by atomic mass is 32.1. The van der Waals surface area contributed by atoms with Crippen molar-refractivity contribution in [3.63, 3.8) is 0 Å². The van der Waals surface area contributed by atoms with Gasteiger partial charge in [-0.2, -0.15) is 0 Å². The average Bonchev–Trinajstić information content (AvgIpc) is 2.91. The van der Waals surface area contributed by atoms with Crippen molar-refractivity contribution >= 4 is 21.6 Å². The summed E-state index contributed by atoms with van der Waals surface area (Å²) in [4.78, 5) is 4.63. The fourth-order valence-corrected chi connectivity index (χ4v) is 3.24. The number of nitrogens with one attached hydrogen (secondary N) is 1. The van der Waals surface area contributed by atoms with E-state index in [4.69, 9.17) is 4.74 Å². The van der Waals surface area contributed by atoms with Crippen molar-refractivity contribution in [1.82, 2.24) is 10.3 Å². The molecule has 0 aliphatic rings. The van der Waals surface area contributed by atoms with Gasteiger partial charge in [0.1, 0.15) is 5.01 Å². The summed E-state index contributed by atoms with van der Waals surface area (Å²) in [6.07, 6.45) is 0. The summed E-state index contributed by atoms with van der Waals surface area (Å²) < 4.78 is 6.41. The highest BCUT2D eigenvalue weighted by molar-refractivity contribution is 7.18. The minimum absolute atomic E-state index is 0.658. The smallest absolute Gasteiger partial charge is 0.108 e. The molecule has 0 saturated carbocycles. The van der Waals surface area contributed by atoms with Crippen LogP contribution in [0.1, 0.15) is 16.1 Å². The predicted molar refractivity (Wildman–Crippen MR) is 87.3 cm³/mol. The van der Waals surface area contributed by atoms with Crippen LogP contribution in [0.15, 0.2) is 48.5 Å². The molecule has 0 atom stereocenters. The third-order valence-electron chi connectivity index (χ3n) is 3.25. The van der Waals surface area contributed by atoms with Gasteiger partial charge in [0.05, 0.1) is 16.8 Å². The summed E-state index contributed by atoms with van der Waals surface area (Å²) in [6.45, 7) is 2.30. The van der Waals surface area contributed by atoms with Gasteiger partial charge in [-0.15, -0.1) is 11.3 Å². The fraction of sp³-hybridized carbons (Fsp3) is 0.235. The number of benzene rings is 2. The summed E-state index contributed by atoms with van der Waals surface area (Å²) in [5.41, 5.74) is 3.56. The third kappa shape index (κ3) is 3.67. The van der Waals surface area contributed by atoms with Crippen LogP contribution in [0, 0.1) is 0 Å². The van der Waals surface area contributed by atoms with Crippen LogP contribution >= 0.6 is 11.3 Å². The van der Waals surface area contributed by atoms with E-state index in [-0.39, 0.29) is 0 Å². The van der Waals surface area contributed by atoms with Gasteiger partial charge in [0.2, 0.25) is 0 Å². The molecule has 3 aromatic rings. The number of thiazole rings is 1. The molecule has 1 aromatic heterocycles. The number of methoxy groups -OCH3 is 1. The molecule has 3 rings (SSSR count). The fourth-order valence-electron chi connectivity index (χ4n) is 2.31. The Morgan fingerprint density at radius 1 is 1.05 bits per heavy atom. The first-order valence-electron chi connectivity index (χ1n) is 6.97. The molecule has 2 aromatic carbocycles. The lowest BCUT2D eigenvalue weighted by Crippen LogP contribution is -2.12. The Balaban J connectivity index is 1.59. The lowest BCUT2D eigenvalue weighted by molar-refractivity contribution is 0.185. The van der Waals surface area contributed by atoms with Gasteiger partial charge in [0.25, 0.3) is 0 Å². The Labute approximate surface area is 128 Å². The van der Waals surface area contributed by atoms with E-state index in [2.05, 4.69) is 52.8 Å². The van der Waals surface area contributed by atoms with Crippen LogP contribution in [0.4, 0.5) is 0 Å². The number of hydrogen-bond acceptors (Lipinski definition) is 4. The molecule has 0 spiro atoms. The van der Waals surface area contributed by atoms with E-state index in [0.29, 0.717) is 6.61 Å². The van der Waals surface area contributed by atoms with Crippen molar-refractivity contribution in [2.24, 2.45) is 0 Å². The highest BCUT2D eigenvalue weighted by Crippen LogP contribution is 2.21. The van der Waals surface area contributed by atoms with E-state index in [9.17, 15) is 0 Å². The van der Waals surface area contributed by atoms with Crippen LogP contribution in [0.2, 0.25) is 0 Å². The summed E-state index contributed by atoms with van der Waals surface area (Å²) in [5.74, 6) is 0. The van der Waals surface area contributed by atoms with Crippen molar-refractivity contribution in [1.29, 1.82) is 0 Å². The Kier molecular flexibility index (Phi) is 4.60. The number of para-hydroxylation sites is 1. The van der Waals surface area contributed by atoms with Crippen LogP contribution in [-0.2, 0) is 24.4 Å². The van der Waals surface area contributed by atoms with Crippen LogP contribution < -0.4 is 5.32 Å². The van der Waals surface area contributed by atoms with Crippen LogP contribution in [0.3, 0.4) is 0 Å². The van der Waals surface area contributed by atoms with Gasteiger partial charge in [-0.05, 0) is 23.3 Å². The van der Waals surface area contributed by atoms with Crippen molar-refractivity contribution < 1.29 is 4.74 Å². The van der Waals surface area contributed by atoms with Gasteiger partial charge in [0, 0.05) is 20.2 Å². The first-order valence-corrected chi connectivity index (χ1v) is 7.79. The van der Waals surface area contributed by atoms with E-state index in [1.54, 1.807) is 18.4 Å². The van der Waals surface area contributed by atoms with Crippen molar-refractivity contribution in [2.45, 2.75) is 19.7 Å². The van der Waals surface area contributed by atoms with Crippen molar-refractivity contribution in [2.75, 3.05) is 7.11 Å². The Morgan fingerprint density at radius 3 is 2.76 bits per heavy atom. The monoisotopic (exact) mass is 298 g/mol. The molecule has 0 aliphatic heterocycles. The second kappa shape index (κ2) is 6.80. The van der Waals surface area contributed by atoms with Gasteiger partial charge >= 0.3 is 0 Å². The SMILES string of the molecule is COCc1cccc(CNCc2nc3ccccc3s2)c1. The van der Waals surface area contributed by atoms with Crippen molar-refractivity contribution in [3.05, 3.63) is 64.7 Å². The van der Waals surface area contributed by atoms with E-state index >= 15 is 0 Å². The predicted octanol–water partition coefficient (Wildman–Crippen LogP) is 3.73. The van der Waals surface area contributed by atoms with E-state index in [0.717, 1.165) is 23.6 Å². The number of aromatic nitrogens is 1. The van der Waals surface area contributed by atoms with Crippen molar-refractivity contribution in [3.8, 4) is 0 Å². The molecule has 0 unspecified atom stereocenters. The molecule has 0 bridgehead atoms. The van der Waals surface area contributed by atoms with Crippen LogP contribution in [0.5, 0.6) is 0 Å². The number of rotatable bonds is 6. The lowest BCUT2D eigenvalue weighted by atomic mass is 10.1. The Bertz CT molecular complexity index is 690. The summed E-state index contributed by atoms with van der Waals surface area (Å²) in [6, 6.07) is 16.7. The molecule has 0 aliphatic carbocycles. The number of fused-ring (bicyclic) bond motifs is 1. The maximum Gasteiger partial charge on any atom is 0.108 e. The summed E-state index contributed by atoms with van der Waals surface area (Å²) >= 11 is 1.75. The zero-order chi connectivity index (χ0) is 14.5. The topological polar surface area (TPSA) is 34.1 Å². The van der Waals surface area contributed by atoms with E-state index in [1.807, 2.05) is 6.07 Å². The lowest BCUT2D eigenvalue weighted by Gasteiger charge is -2.05. The molecule has 3 nitrogen and oxygen atoms in total. The molecule has 0 radical (unpaired) electrons. The number of hydrogen-bond donors (Lipinski definition) is 1.